The average Bonchev–Trinajstić information content (AvgIpc) is 2.45. The number of carbonyl (C=O) groups excluding carboxylic acids is 1. The van der Waals surface area contributed by atoms with Gasteiger partial charge in [0.05, 0.1) is 0 Å². The minimum absolute atomic E-state index is 0.392. The van der Waals surface area contributed by atoms with E-state index in [1.807, 2.05) is 24.3 Å². The van der Waals surface area contributed by atoms with Crippen molar-refractivity contribution < 1.29 is 9.53 Å². The maximum Gasteiger partial charge on any atom is 0.338 e. The van der Waals surface area contributed by atoms with Crippen LogP contribution in [0, 0.1) is 0 Å². The highest BCUT2D eigenvalue weighted by atomic mass is 16.5. The first-order valence-corrected chi connectivity index (χ1v) is 6.44. The number of rotatable bonds is 2. The molecule has 0 N–H and O–H groups in total. The smallest absolute Gasteiger partial charge is 0.338 e. The molecule has 0 fully saturated rings. The largest absolute Gasteiger partial charge is 0.423 e. The molecule has 0 saturated heterocycles. The van der Waals surface area contributed by atoms with E-state index < -0.39 is 5.97 Å². The first-order valence-electron chi connectivity index (χ1n) is 6.44. The Morgan fingerprint density at radius 3 is 2.15 bits per heavy atom. The number of carbonyl (C=O) groups is 1. The van der Waals surface area contributed by atoms with Crippen LogP contribution >= 0.6 is 0 Å². The molecule has 0 aliphatic heterocycles. The second-order valence-corrected chi connectivity index (χ2v) is 4.88. The second kappa shape index (κ2) is 4.82. The Bertz CT molecular complexity index is 831. The van der Waals surface area contributed by atoms with Gasteiger partial charge in [-0.05, 0) is 52.7 Å². The summed E-state index contributed by atoms with van der Waals surface area (Å²) in [7, 11) is 0. The van der Waals surface area contributed by atoms with Gasteiger partial charge in [0.2, 0.25) is 0 Å². The van der Waals surface area contributed by atoms with Gasteiger partial charge in [-0.2, -0.15) is 0 Å². The summed E-state index contributed by atoms with van der Waals surface area (Å²) in [6.45, 7) is 5.22. The lowest BCUT2D eigenvalue weighted by molar-refractivity contribution is -0.130. The monoisotopic (exact) mass is 262 g/mol. The molecule has 20 heavy (non-hydrogen) atoms. The predicted octanol–water partition coefficient (Wildman–Crippen LogP) is 4.47. The van der Waals surface area contributed by atoms with E-state index in [2.05, 4.69) is 30.8 Å². The average molecular weight is 262 g/mol. The molecule has 0 atom stereocenters. The van der Waals surface area contributed by atoms with Gasteiger partial charge in [-0.1, -0.05) is 36.9 Å². The van der Waals surface area contributed by atoms with E-state index in [0.29, 0.717) is 11.3 Å². The van der Waals surface area contributed by atoms with Gasteiger partial charge in [0.25, 0.3) is 0 Å². The van der Waals surface area contributed by atoms with Crippen LogP contribution in [0.3, 0.4) is 0 Å². The maximum atomic E-state index is 11.5. The van der Waals surface area contributed by atoms with E-state index in [4.69, 9.17) is 4.74 Å². The van der Waals surface area contributed by atoms with Gasteiger partial charge in [0.15, 0.2) is 0 Å². The first-order chi connectivity index (χ1) is 9.63. The molecular weight excluding hydrogens is 248 g/mol. The zero-order chi connectivity index (χ0) is 14.1. The number of ether oxygens (including phenoxy) is 1. The molecule has 2 nitrogen and oxygen atoms in total. The molecule has 98 valence electrons. The van der Waals surface area contributed by atoms with Crippen molar-refractivity contribution in [1.29, 1.82) is 0 Å². The third-order valence-corrected chi connectivity index (χ3v) is 3.24. The predicted molar refractivity (Wildman–Crippen MR) is 81.9 cm³/mol. The summed E-state index contributed by atoms with van der Waals surface area (Å²) in [5, 5.41) is 4.55. The van der Waals surface area contributed by atoms with Crippen molar-refractivity contribution >= 4 is 27.5 Å². The highest BCUT2D eigenvalue weighted by molar-refractivity contribution is 5.99. The highest BCUT2D eigenvalue weighted by Gasteiger charge is 2.06. The minimum Gasteiger partial charge on any atom is -0.423 e. The van der Waals surface area contributed by atoms with Crippen molar-refractivity contribution in [3.8, 4) is 5.75 Å². The molecule has 0 bridgehead atoms. The van der Waals surface area contributed by atoms with Gasteiger partial charge in [-0.15, -0.1) is 0 Å². The van der Waals surface area contributed by atoms with Crippen molar-refractivity contribution in [3.63, 3.8) is 0 Å². The van der Waals surface area contributed by atoms with Crippen molar-refractivity contribution in [1.82, 2.24) is 0 Å². The van der Waals surface area contributed by atoms with Crippen LogP contribution in [-0.2, 0) is 4.79 Å². The summed E-state index contributed by atoms with van der Waals surface area (Å²) >= 11 is 0. The molecule has 0 saturated carbocycles. The number of benzene rings is 3. The molecule has 0 aliphatic carbocycles. The highest BCUT2D eigenvalue weighted by Crippen LogP contribution is 2.26. The standard InChI is InChI=1S/C18H14O2/c1-12(2)18(19)20-17-8-7-15-9-13-5-3-4-6-14(13)10-16(15)11-17/h3-11H,1H2,2H3. The molecule has 0 unspecified atom stereocenters. The summed E-state index contributed by atoms with van der Waals surface area (Å²) < 4.78 is 5.26. The third-order valence-electron chi connectivity index (χ3n) is 3.24. The maximum absolute atomic E-state index is 11.5. The molecule has 0 amide bonds. The lowest BCUT2D eigenvalue weighted by Crippen LogP contribution is -2.07. The summed E-state index contributed by atoms with van der Waals surface area (Å²) in [6, 6.07) is 18.1. The number of hydrogen-bond donors (Lipinski definition) is 0. The Hall–Kier alpha value is -2.61. The summed E-state index contributed by atoms with van der Waals surface area (Å²) in [4.78, 5) is 11.5. The molecule has 2 heteroatoms. The molecular formula is C18H14O2. The van der Waals surface area contributed by atoms with Gasteiger partial charge in [0, 0.05) is 5.57 Å². The van der Waals surface area contributed by atoms with E-state index in [9.17, 15) is 4.79 Å². The van der Waals surface area contributed by atoms with Gasteiger partial charge in [0.1, 0.15) is 5.75 Å². The quantitative estimate of drug-likeness (QED) is 0.295. The Kier molecular flexibility index (Phi) is 2.99. The molecule has 0 radical (unpaired) electrons. The zero-order valence-electron chi connectivity index (χ0n) is 11.2. The Morgan fingerprint density at radius 2 is 1.50 bits per heavy atom. The van der Waals surface area contributed by atoms with Gasteiger partial charge >= 0.3 is 5.97 Å². The van der Waals surface area contributed by atoms with Crippen LogP contribution in [0.25, 0.3) is 21.5 Å². The SMILES string of the molecule is C=C(C)C(=O)Oc1ccc2cc3ccccc3cc2c1. The molecule has 0 aliphatic rings. The number of esters is 1. The summed E-state index contributed by atoms with van der Waals surface area (Å²) in [5.74, 6) is 0.144. The fraction of sp³-hybridized carbons (Fsp3) is 0.0556. The minimum atomic E-state index is -0.398. The van der Waals surface area contributed by atoms with E-state index in [-0.39, 0.29) is 0 Å². The molecule has 3 aromatic carbocycles. The second-order valence-electron chi connectivity index (χ2n) is 4.88. The van der Waals surface area contributed by atoms with Crippen molar-refractivity contribution in [2.24, 2.45) is 0 Å². The van der Waals surface area contributed by atoms with E-state index in [0.717, 1.165) is 10.8 Å². The summed E-state index contributed by atoms with van der Waals surface area (Å²) in [5.41, 5.74) is 0.392. The summed E-state index contributed by atoms with van der Waals surface area (Å²) in [6.07, 6.45) is 0. The normalized spacial score (nSPS) is 10.7. The van der Waals surface area contributed by atoms with Crippen LogP contribution in [0.5, 0.6) is 5.75 Å². The third kappa shape index (κ3) is 2.28. The zero-order valence-corrected chi connectivity index (χ0v) is 11.2. The molecule has 3 rings (SSSR count). The number of fused-ring (bicyclic) bond motifs is 2. The van der Waals surface area contributed by atoms with E-state index in [1.165, 1.54) is 10.8 Å². The van der Waals surface area contributed by atoms with Crippen molar-refractivity contribution in [3.05, 3.63) is 66.7 Å². The van der Waals surface area contributed by atoms with Crippen molar-refractivity contribution in [2.75, 3.05) is 0 Å². The Balaban J connectivity index is 2.08. The van der Waals surface area contributed by atoms with Crippen LogP contribution in [0.15, 0.2) is 66.7 Å². The Labute approximate surface area is 117 Å². The lowest BCUT2D eigenvalue weighted by Gasteiger charge is -2.06. The topological polar surface area (TPSA) is 26.3 Å². The Morgan fingerprint density at radius 1 is 0.900 bits per heavy atom. The molecule has 0 spiro atoms. The lowest BCUT2D eigenvalue weighted by atomic mass is 10.0. The fourth-order valence-electron chi connectivity index (χ4n) is 2.18. The van der Waals surface area contributed by atoms with E-state index >= 15 is 0 Å². The van der Waals surface area contributed by atoms with Gasteiger partial charge < -0.3 is 4.74 Å². The van der Waals surface area contributed by atoms with Crippen LogP contribution < -0.4 is 4.74 Å². The molecule has 0 aromatic heterocycles. The van der Waals surface area contributed by atoms with Gasteiger partial charge in [-0.25, -0.2) is 4.79 Å². The van der Waals surface area contributed by atoms with Crippen LogP contribution in [-0.4, -0.2) is 5.97 Å². The fourth-order valence-corrected chi connectivity index (χ4v) is 2.18. The van der Waals surface area contributed by atoms with Crippen LogP contribution in [0.1, 0.15) is 6.92 Å². The molecule has 0 heterocycles. The first kappa shape index (κ1) is 12.4. The van der Waals surface area contributed by atoms with Crippen molar-refractivity contribution in [2.45, 2.75) is 6.92 Å². The molecule has 3 aromatic rings. The van der Waals surface area contributed by atoms with E-state index in [1.54, 1.807) is 13.0 Å². The van der Waals surface area contributed by atoms with Gasteiger partial charge in [-0.3, -0.25) is 0 Å². The van der Waals surface area contributed by atoms with Crippen LogP contribution in [0.4, 0.5) is 0 Å². The number of hydrogen-bond acceptors (Lipinski definition) is 2. The van der Waals surface area contributed by atoms with Crippen LogP contribution in [0.2, 0.25) is 0 Å².